The van der Waals surface area contributed by atoms with Crippen molar-refractivity contribution < 1.29 is 97.7 Å². The predicted octanol–water partition coefficient (Wildman–Crippen LogP) is -2.88. The van der Waals surface area contributed by atoms with E-state index in [2.05, 4.69) is 44.4 Å². The molecule has 0 spiro atoms. The van der Waals surface area contributed by atoms with Gasteiger partial charge in [-0.3, -0.25) is 56.1 Å². The highest BCUT2D eigenvalue weighted by atomic mass is 31.2. The number of H-pyrrole nitrogens is 2. The van der Waals surface area contributed by atoms with Gasteiger partial charge in [0.2, 0.25) is 5.95 Å². The van der Waals surface area contributed by atoms with Crippen LogP contribution in [0.2, 0.25) is 0 Å². The first-order valence-electron chi connectivity index (χ1n) is 25.7. The Kier molecular flexibility index (Phi) is 18.6. The second kappa shape index (κ2) is 25.3. The number of fused-ring (bicyclic) bond motifs is 2. The summed E-state index contributed by atoms with van der Waals surface area (Å²) in [6, 6.07) is 1.20. The van der Waals surface area contributed by atoms with E-state index >= 15 is 0 Å². The SMILES string of the molecule is CCO[C@@H]1C[C@H](n2cnc3c(N)ncnc32)O[C@@H]1COP(=O)([O-])O[C@@H]1C[C@H](n2cnc3c(=O)[nH]c(N)nc32)O[C@@H]1COP(=O)([O-])O[C@@H]1C[C@H](n2ccc(N)nc2=O)O[C@@H]1COP(=O)([O-])O[C@@H]1C[C@H](n2cc(C)c(=O)[nH]c2=O)O[C@@H]1COP(=O)([O-])OC. The number of nitrogens with zero attached hydrogens (tertiary/aromatic N) is 10. The van der Waals surface area contributed by atoms with Crippen molar-refractivity contribution in [2.45, 2.75) is 113 Å². The minimum Gasteiger partial charge on any atom is -0.756 e. The number of hydrogen-bond donors (Lipinski definition) is 5. The fourth-order valence-corrected chi connectivity index (χ4v) is 13.1. The molecule has 4 fully saturated rings. The first-order chi connectivity index (χ1) is 40.7. The maximum absolute atomic E-state index is 13.9. The van der Waals surface area contributed by atoms with Crippen LogP contribution in [0.1, 0.15) is 63.1 Å². The van der Waals surface area contributed by atoms with E-state index < -0.39 is 173 Å². The summed E-state index contributed by atoms with van der Waals surface area (Å²) >= 11 is 0. The molecule has 4 aliphatic heterocycles. The lowest BCUT2D eigenvalue weighted by Gasteiger charge is -2.32. The number of aromatic amines is 2. The van der Waals surface area contributed by atoms with Crippen molar-refractivity contribution in [1.29, 1.82) is 0 Å². The molecule has 0 amide bonds. The molecular weight excluding hydrogens is 1240 g/mol. The maximum atomic E-state index is 13.9. The molecule has 4 unspecified atom stereocenters. The van der Waals surface area contributed by atoms with Crippen LogP contribution in [-0.4, -0.2) is 147 Å². The first-order valence-corrected chi connectivity index (χ1v) is 31.5. The fraction of sp³-hybridized carbons (Fsp3) is 0.571. The lowest BCUT2D eigenvalue weighted by molar-refractivity contribution is -0.238. The van der Waals surface area contributed by atoms with Crippen molar-refractivity contribution >= 4 is 71.2 Å². The minimum atomic E-state index is -5.72. The second-order valence-electron chi connectivity index (χ2n) is 19.4. The van der Waals surface area contributed by atoms with Crippen LogP contribution < -0.4 is 59.3 Å². The van der Waals surface area contributed by atoms with E-state index in [1.807, 2.05) is 0 Å². The van der Waals surface area contributed by atoms with Gasteiger partial charge in [0.1, 0.15) is 67.0 Å². The molecule has 44 heteroatoms. The Bertz CT molecular complexity index is 3920. The molecule has 40 nitrogen and oxygen atoms in total. The average molecular weight is 1290 g/mol. The summed E-state index contributed by atoms with van der Waals surface area (Å²) in [5, 5.41) is 0. The Balaban J connectivity index is 0.844. The third-order valence-electron chi connectivity index (χ3n) is 13.8. The lowest BCUT2D eigenvalue weighted by atomic mass is 10.2. The van der Waals surface area contributed by atoms with Crippen LogP contribution in [0.15, 0.2) is 56.6 Å². The molecule has 0 saturated carbocycles. The fourth-order valence-electron chi connectivity index (χ4n) is 9.79. The average Bonchev–Trinajstić information content (AvgIpc) is 2.62. The molecule has 0 aromatic carbocycles. The van der Waals surface area contributed by atoms with Crippen molar-refractivity contribution in [3.05, 3.63) is 84.7 Å². The summed E-state index contributed by atoms with van der Waals surface area (Å²) in [7, 11) is -21.0. The van der Waals surface area contributed by atoms with Gasteiger partial charge in [-0.15, -0.1) is 0 Å². The molecule has 6 aromatic rings. The number of aromatic nitrogens is 12. The largest absolute Gasteiger partial charge is 0.756 e. The number of rotatable bonds is 25. The van der Waals surface area contributed by atoms with Gasteiger partial charge >= 0.3 is 11.4 Å². The van der Waals surface area contributed by atoms with Gasteiger partial charge in [0.25, 0.3) is 42.4 Å². The topological polar surface area (TPSA) is 555 Å². The smallest absolute Gasteiger partial charge is 0.351 e. The third kappa shape index (κ3) is 14.3. The van der Waals surface area contributed by atoms with E-state index in [0.29, 0.717) is 11.2 Å². The van der Waals surface area contributed by atoms with Gasteiger partial charge in [-0.25, -0.2) is 29.5 Å². The normalized spacial score (nSPS) is 28.9. The zero-order valence-corrected chi connectivity index (χ0v) is 48.5. The zero-order chi connectivity index (χ0) is 61.6. The molecule has 10 rings (SSSR count). The highest BCUT2D eigenvalue weighted by Crippen LogP contribution is 2.51. The number of nitrogens with one attached hydrogen (secondary N) is 2. The van der Waals surface area contributed by atoms with Gasteiger partial charge in [0, 0.05) is 57.4 Å². The minimum absolute atomic E-state index is 0.0463. The van der Waals surface area contributed by atoms with E-state index in [1.54, 1.807) is 11.5 Å². The lowest BCUT2D eigenvalue weighted by Crippen LogP contribution is -2.34. The molecule has 4 saturated heterocycles. The maximum Gasteiger partial charge on any atom is 0.351 e. The summed E-state index contributed by atoms with van der Waals surface area (Å²) < 4.78 is 129. The first kappa shape index (κ1) is 63.1. The molecule has 16 atom stereocenters. The molecule has 10 heterocycles. The van der Waals surface area contributed by atoms with Crippen LogP contribution in [0, 0.1) is 6.92 Å². The quantitative estimate of drug-likeness (QED) is 0.0359. The number of nitrogens with two attached hydrogens (primary N) is 3. The van der Waals surface area contributed by atoms with Gasteiger partial charge < -0.3 is 96.6 Å². The van der Waals surface area contributed by atoms with Gasteiger partial charge in [-0.2, -0.15) is 9.97 Å². The standard InChI is InChI=1S/C42H57N15O25P4/c1-4-71-20-7-31(56-17-48-33-35(44)46-16-47-36(33)56)76-24(20)12-73-84(64,65)82-23-10-32(57-18-49-34-37(57)51-40(45)52-39(34)59)79-27(23)15-75-85(66,67)80-21-8-29(54-6-5-28(43)50-41(54)60)77-26(21)14-74-86(68,69)81-22-9-30(55-11-19(2)38(58)53-42(55)61)78-25(22)13-72-83(62,63)70-3/h5-6,11,16-18,20-27,29-32H,4,7-10,12-15H2,1-3H3,(H,62,63)(H,64,65)(H,66,67)(H,68,69)(H2,43,50,60)(H2,44,46,47)(H,53,58,61)(H3,45,51,52,59)/p-4/t20-,21-,22-,23-,24-,25-,26-,27-,29-,30-,31-,32-/m1/s1. The molecule has 86 heavy (non-hydrogen) atoms. The summed E-state index contributed by atoms with van der Waals surface area (Å²) in [6.45, 7) is -0.465. The predicted molar refractivity (Wildman–Crippen MR) is 277 cm³/mol. The number of anilines is 3. The number of hydrogen-bond acceptors (Lipinski definition) is 34. The summed E-state index contributed by atoms with van der Waals surface area (Å²) in [4.78, 5) is 132. The van der Waals surface area contributed by atoms with Crippen molar-refractivity contribution in [3.63, 3.8) is 0 Å². The second-order valence-corrected chi connectivity index (χ2v) is 25.0. The van der Waals surface area contributed by atoms with Gasteiger partial charge in [-0.1, -0.05) is 0 Å². The van der Waals surface area contributed by atoms with Crippen LogP contribution in [0.5, 0.6) is 0 Å². The number of phosphoric acid groups is 4. The van der Waals surface area contributed by atoms with Crippen molar-refractivity contribution in [2.75, 3.05) is 57.3 Å². The van der Waals surface area contributed by atoms with Gasteiger partial charge in [0.05, 0.1) is 63.5 Å². The number of nitrogen functional groups attached to an aromatic ring is 3. The van der Waals surface area contributed by atoms with Crippen molar-refractivity contribution in [2.24, 2.45) is 0 Å². The van der Waals surface area contributed by atoms with Crippen LogP contribution in [0.4, 0.5) is 17.6 Å². The number of ether oxygens (including phenoxy) is 5. The monoisotopic (exact) mass is 1290 g/mol. The van der Waals surface area contributed by atoms with Gasteiger partial charge in [-0.05, 0) is 19.9 Å². The van der Waals surface area contributed by atoms with E-state index in [4.69, 9.17) is 72.6 Å². The van der Waals surface area contributed by atoms with E-state index in [0.717, 1.165) is 35.0 Å². The molecule has 470 valence electrons. The molecule has 4 aliphatic rings. The molecule has 0 aliphatic carbocycles. The van der Waals surface area contributed by atoms with Crippen LogP contribution in [0.3, 0.4) is 0 Å². The Labute approximate surface area is 481 Å². The number of imidazole rings is 2. The zero-order valence-electron chi connectivity index (χ0n) is 45.0. The Morgan fingerprint density at radius 3 is 1.60 bits per heavy atom. The summed E-state index contributed by atoms with van der Waals surface area (Å²) in [6.07, 6.45) is -11.9. The molecular formula is C42H53N15O25P4-4. The Hall–Kier alpha value is -5.90. The van der Waals surface area contributed by atoms with Crippen LogP contribution in [-0.2, 0) is 78.1 Å². The highest BCUT2D eigenvalue weighted by Gasteiger charge is 2.46. The third-order valence-corrected chi connectivity index (χ3v) is 17.7. The van der Waals surface area contributed by atoms with E-state index in [-0.39, 0.29) is 47.3 Å². The molecule has 0 bridgehead atoms. The summed E-state index contributed by atoms with van der Waals surface area (Å²) in [5.74, 6) is -0.415. The Morgan fingerprint density at radius 2 is 1.08 bits per heavy atom. The van der Waals surface area contributed by atoms with E-state index in [1.165, 1.54) is 30.2 Å². The number of phosphoric ester groups is 4. The summed E-state index contributed by atoms with van der Waals surface area (Å²) in [5.41, 5.74) is 14.4. The van der Waals surface area contributed by atoms with E-state index in [9.17, 15) is 57.0 Å². The van der Waals surface area contributed by atoms with Crippen molar-refractivity contribution in [3.8, 4) is 0 Å². The number of aryl methyl sites for hydroxylation is 1. The van der Waals surface area contributed by atoms with Crippen LogP contribution in [0.25, 0.3) is 22.3 Å². The molecule has 0 radical (unpaired) electrons. The molecule has 8 N–H and O–H groups in total. The van der Waals surface area contributed by atoms with Crippen molar-refractivity contribution in [1.82, 2.24) is 58.1 Å². The van der Waals surface area contributed by atoms with Gasteiger partial charge in [0.15, 0.2) is 22.6 Å². The van der Waals surface area contributed by atoms with Crippen LogP contribution >= 0.6 is 31.3 Å². The molecule has 6 aromatic heterocycles. The highest BCUT2D eigenvalue weighted by molar-refractivity contribution is 7.46. The Morgan fingerprint density at radius 1 is 0.605 bits per heavy atom.